The van der Waals surface area contributed by atoms with Gasteiger partial charge in [-0.25, -0.2) is 18.1 Å². The Bertz CT molecular complexity index is 524. The lowest BCUT2D eigenvalue weighted by molar-refractivity contribution is 0.216. The van der Waals surface area contributed by atoms with Crippen LogP contribution in [0.1, 0.15) is 13.8 Å². The van der Waals surface area contributed by atoms with E-state index in [2.05, 4.69) is 25.6 Å². The molecule has 0 spiro atoms. The zero-order valence-corrected chi connectivity index (χ0v) is 13.1. The molecule has 1 heterocycles. The minimum Gasteiger partial charge on any atom is -0.396 e. The fourth-order valence-corrected chi connectivity index (χ4v) is 3.47. The van der Waals surface area contributed by atoms with E-state index >= 15 is 0 Å². The molecule has 0 bridgehead atoms. The van der Waals surface area contributed by atoms with Crippen LogP contribution in [0.15, 0.2) is 21.6 Å². The van der Waals surface area contributed by atoms with Crippen LogP contribution in [0.25, 0.3) is 0 Å². The second kappa shape index (κ2) is 6.29. The van der Waals surface area contributed by atoms with Gasteiger partial charge < -0.3 is 5.11 Å². The summed E-state index contributed by atoms with van der Waals surface area (Å²) in [6.45, 7) is 3.32. The number of rotatable bonds is 5. The standard InChI is InChI=1S/C10H14BrClN2O3S/c1-6(5-15)7(2)14-18(16,17)9-3-8(11)4-13-10(9)12/h3-4,6-7,14-15H,5H2,1-2H3. The van der Waals surface area contributed by atoms with Gasteiger partial charge >= 0.3 is 0 Å². The van der Waals surface area contributed by atoms with Crippen LogP contribution < -0.4 is 4.72 Å². The highest BCUT2D eigenvalue weighted by Crippen LogP contribution is 2.23. The molecular weight excluding hydrogens is 344 g/mol. The molecule has 8 heteroatoms. The molecule has 2 N–H and O–H groups in total. The van der Waals surface area contributed by atoms with E-state index in [0.29, 0.717) is 4.47 Å². The van der Waals surface area contributed by atoms with Gasteiger partial charge in [0.2, 0.25) is 10.0 Å². The van der Waals surface area contributed by atoms with Crippen LogP contribution in [0.5, 0.6) is 0 Å². The van der Waals surface area contributed by atoms with Gasteiger partial charge in [-0.05, 0) is 34.8 Å². The number of pyridine rings is 1. The summed E-state index contributed by atoms with van der Waals surface area (Å²) in [7, 11) is -3.75. The van der Waals surface area contributed by atoms with Crippen LogP contribution in [0.3, 0.4) is 0 Å². The van der Waals surface area contributed by atoms with Gasteiger partial charge in [-0.15, -0.1) is 0 Å². The van der Waals surface area contributed by atoms with E-state index in [1.165, 1.54) is 12.3 Å². The van der Waals surface area contributed by atoms with Crippen LogP contribution >= 0.6 is 27.5 Å². The number of aliphatic hydroxyl groups excluding tert-OH is 1. The van der Waals surface area contributed by atoms with Crippen molar-refractivity contribution < 1.29 is 13.5 Å². The summed E-state index contributed by atoms with van der Waals surface area (Å²) in [5.74, 6) is -0.196. The van der Waals surface area contributed by atoms with Crippen molar-refractivity contribution in [3.8, 4) is 0 Å². The monoisotopic (exact) mass is 356 g/mol. The number of nitrogens with zero attached hydrogens (tertiary/aromatic N) is 1. The maximum absolute atomic E-state index is 12.1. The normalized spacial score (nSPS) is 15.4. The van der Waals surface area contributed by atoms with E-state index < -0.39 is 16.1 Å². The number of halogens is 2. The van der Waals surface area contributed by atoms with Crippen molar-refractivity contribution >= 4 is 37.6 Å². The van der Waals surface area contributed by atoms with Crippen molar-refractivity contribution in [3.63, 3.8) is 0 Å². The summed E-state index contributed by atoms with van der Waals surface area (Å²) in [5.41, 5.74) is 0. The molecule has 0 radical (unpaired) electrons. The molecule has 0 fully saturated rings. The number of hydrogen-bond donors (Lipinski definition) is 2. The second-order valence-corrected chi connectivity index (χ2v) is 6.97. The number of nitrogens with one attached hydrogen (secondary N) is 1. The third-order valence-electron chi connectivity index (χ3n) is 2.55. The number of aliphatic hydroxyl groups is 1. The molecule has 0 aromatic carbocycles. The average molecular weight is 358 g/mol. The van der Waals surface area contributed by atoms with Gasteiger partial charge in [-0.2, -0.15) is 0 Å². The summed E-state index contributed by atoms with van der Waals surface area (Å²) >= 11 is 8.92. The van der Waals surface area contributed by atoms with E-state index in [1.54, 1.807) is 13.8 Å². The summed E-state index contributed by atoms with van der Waals surface area (Å²) in [6, 6.07) is 0.976. The van der Waals surface area contributed by atoms with Gasteiger partial charge in [0.05, 0.1) is 0 Å². The molecule has 5 nitrogen and oxygen atoms in total. The van der Waals surface area contributed by atoms with Crippen molar-refractivity contribution in [3.05, 3.63) is 21.9 Å². The van der Waals surface area contributed by atoms with E-state index in [4.69, 9.17) is 16.7 Å². The van der Waals surface area contributed by atoms with Crippen molar-refractivity contribution in [1.29, 1.82) is 0 Å². The molecule has 0 aliphatic heterocycles. The van der Waals surface area contributed by atoms with E-state index in [0.717, 1.165) is 0 Å². The number of sulfonamides is 1. The fourth-order valence-electron chi connectivity index (χ4n) is 1.17. The molecule has 0 amide bonds. The molecule has 2 unspecified atom stereocenters. The molecule has 1 aromatic heterocycles. The Kier molecular flexibility index (Phi) is 5.54. The number of hydrogen-bond acceptors (Lipinski definition) is 4. The van der Waals surface area contributed by atoms with Gasteiger partial charge in [-0.3, -0.25) is 0 Å². The Morgan fingerprint density at radius 1 is 1.56 bits per heavy atom. The maximum Gasteiger partial charge on any atom is 0.243 e. The summed E-state index contributed by atoms with van der Waals surface area (Å²) in [5, 5.41) is 8.90. The van der Waals surface area contributed by atoms with E-state index in [9.17, 15) is 8.42 Å². The fraction of sp³-hybridized carbons (Fsp3) is 0.500. The van der Waals surface area contributed by atoms with Gasteiger partial charge in [0.15, 0.2) is 0 Å². The molecule has 0 saturated heterocycles. The first-order valence-electron chi connectivity index (χ1n) is 5.22. The van der Waals surface area contributed by atoms with E-state index in [1.807, 2.05) is 0 Å². The lowest BCUT2D eigenvalue weighted by Crippen LogP contribution is -2.38. The molecule has 2 atom stereocenters. The van der Waals surface area contributed by atoms with Crippen molar-refractivity contribution in [2.24, 2.45) is 5.92 Å². The number of aromatic nitrogens is 1. The third-order valence-corrected chi connectivity index (χ3v) is 4.96. The SMILES string of the molecule is CC(CO)C(C)NS(=O)(=O)c1cc(Br)cnc1Cl. The highest BCUT2D eigenvalue weighted by molar-refractivity contribution is 9.10. The third kappa shape index (κ3) is 3.89. The largest absolute Gasteiger partial charge is 0.396 e. The first-order valence-corrected chi connectivity index (χ1v) is 7.87. The Balaban J connectivity index is 3.03. The highest BCUT2D eigenvalue weighted by atomic mass is 79.9. The second-order valence-electron chi connectivity index (χ2n) is 4.01. The van der Waals surface area contributed by atoms with Crippen molar-refractivity contribution in [2.45, 2.75) is 24.8 Å². The molecule has 1 rings (SSSR count). The molecule has 1 aromatic rings. The molecule has 0 saturated carbocycles. The molecular formula is C10H14BrClN2O3S. The first-order chi connectivity index (χ1) is 8.27. The minimum absolute atomic E-state index is 0.0875. The summed E-state index contributed by atoms with van der Waals surface area (Å²) in [4.78, 5) is 3.68. The lowest BCUT2D eigenvalue weighted by Gasteiger charge is -2.19. The molecule has 18 heavy (non-hydrogen) atoms. The smallest absolute Gasteiger partial charge is 0.243 e. The zero-order valence-electron chi connectivity index (χ0n) is 9.89. The van der Waals surface area contributed by atoms with E-state index in [-0.39, 0.29) is 22.6 Å². The lowest BCUT2D eigenvalue weighted by atomic mass is 10.1. The van der Waals surface area contributed by atoms with Gasteiger partial charge in [-0.1, -0.05) is 18.5 Å². The Morgan fingerprint density at radius 2 is 2.17 bits per heavy atom. The van der Waals surface area contributed by atoms with Crippen LogP contribution in [-0.2, 0) is 10.0 Å². The topological polar surface area (TPSA) is 79.3 Å². The van der Waals surface area contributed by atoms with Crippen LogP contribution in [0.2, 0.25) is 5.15 Å². The van der Waals surface area contributed by atoms with Gasteiger partial charge in [0, 0.05) is 23.3 Å². The average Bonchev–Trinajstić information content (AvgIpc) is 2.30. The quantitative estimate of drug-likeness (QED) is 0.788. The minimum atomic E-state index is -3.75. The zero-order chi connectivity index (χ0) is 13.9. The summed E-state index contributed by atoms with van der Waals surface area (Å²) in [6.07, 6.45) is 1.42. The van der Waals surface area contributed by atoms with Crippen LogP contribution in [0.4, 0.5) is 0 Å². The summed E-state index contributed by atoms with van der Waals surface area (Å²) < 4.78 is 27.2. The Labute approximate surface area is 120 Å². The first kappa shape index (κ1) is 15.8. The highest BCUT2D eigenvalue weighted by Gasteiger charge is 2.23. The Hall–Kier alpha value is -0.210. The van der Waals surface area contributed by atoms with Crippen LogP contribution in [-0.4, -0.2) is 31.2 Å². The van der Waals surface area contributed by atoms with Crippen molar-refractivity contribution in [2.75, 3.05) is 6.61 Å². The molecule has 0 aliphatic rings. The van der Waals surface area contributed by atoms with Crippen LogP contribution in [0, 0.1) is 5.92 Å². The van der Waals surface area contributed by atoms with Gasteiger partial charge in [0.25, 0.3) is 0 Å². The Morgan fingerprint density at radius 3 is 2.72 bits per heavy atom. The molecule has 0 aliphatic carbocycles. The molecule has 102 valence electrons. The predicted octanol–water partition coefficient (Wildman–Crippen LogP) is 1.79. The predicted molar refractivity (Wildman–Crippen MR) is 73.0 cm³/mol. The van der Waals surface area contributed by atoms with Gasteiger partial charge in [0.1, 0.15) is 10.0 Å². The van der Waals surface area contributed by atoms with Crippen molar-refractivity contribution in [1.82, 2.24) is 9.71 Å². The maximum atomic E-state index is 12.1.